The summed E-state index contributed by atoms with van der Waals surface area (Å²) in [6.45, 7) is 0.899. The number of nitrogens with zero attached hydrogens (tertiary/aromatic N) is 3. The van der Waals surface area contributed by atoms with Gasteiger partial charge < -0.3 is 24.2 Å². The molecule has 10 heteroatoms. The van der Waals surface area contributed by atoms with E-state index >= 15 is 0 Å². The minimum absolute atomic E-state index is 0.0674. The van der Waals surface area contributed by atoms with Crippen LogP contribution in [0.25, 0.3) is 11.1 Å². The van der Waals surface area contributed by atoms with Crippen molar-refractivity contribution in [3.8, 4) is 16.9 Å². The van der Waals surface area contributed by atoms with E-state index in [-0.39, 0.29) is 17.7 Å². The Hall–Kier alpha value is -3.40. The molecule has 0 unspecified atom stereocenters. The summed E-state index contributed by atoms with van der Waals surface area (Å²) in [4.78, 5) is 14.4. The Morgan fingerprint density at radius 3 is 2.35 bits per heavy atom. The zero-order valence-corrected chi connectivity index (χ0v) is 16.2. The van der Waals surface area contributed by atoms with E-state index in [9.17, 15) is 23.3 Å². The molecule has 3 aromatic rings. The molecule has 0 saturated heterocycles. The number of hydrogen-bond donors (Lipinski definition) is 0. The number of halogens is 3. The van der Waals surface area contributed by atoms with E-state index in [1.807, 2.05) is 24.3 Å². The van der Waals surface area contributed by atoms with Gasteiger partial charge in [0.15, 0.2) is 0 Å². The van der Waals surface area contributed by atoms with E-state index in [4.69, 9.17) is 4.74 Å². The van der Waals surface area contributed by atoms with Crippen LogP contribution in [0.2, 0.25) is 0 Å². The molecule has 0 amide bonds. The van der Waals surface area contributed by atoms with Crippen molar-refractivity contribution < 1.29 is 27.6 Å². The Kier molecular flexibility index (Phi) is 5.64. The van der Waals surface area contributed by atoms with Gasteiger partial charge in [-0.25, -0.2) is 0 Å². The third kappa shape index (κ3) is 5.21. The molecule has 162 valence electrons. The molecular formula is C21H18F3N3O4. The van der Waals surface area contributed by atoms with E-state index in [1.165, 1.54) is 18.3 Å². The molecule has 31 heavy (non-hydrogen) atoms. The third-order valence-corrected chi connectivity index (χ3v) is 4.98. The molecule has 7 nitrogen and oxygen atoms in total. The van der Waals surface area contributed by atoms with Gasteiger partial charge in [-0.3, -0.25) is 0 Å². The standard InChI is InChI=1S/C21H18F3N3O4/c22-21(23,24)31-17-7-5-16(6-8-17)15-3-1-14(2-4-15)13-30-18-9-10-19-25-20(27(28)29)12-26(19)11-18/h1-8,12,18H,9-11,13H2/t18-/m1/s1. The lowest BCUT2D eigenvalue weighted by atomic mass is 10.0. The van der Waals surface area contributed by atoms with Crippen LogP contribution in [0, 0.1) is 10.1 Å². The zero-order chi connectivity index (χ0) is 22.0. The molecule has 1 aromatic heterocycles. The topological polar surface area (TPSA) is 79.4 Å². The van der Waals surface area contributed by atoms with E-state index in [0.29, 0.717) is 25.4 Å². The summed E-state index contributed by atoms with van der Waals surface area (Å²) in [5.74, 6) is 0.284. The molecule has 2 heterocycles. The second kappa shape index (κ2) is 8.38. The highest BCUT2D eigenvalue weighted by molar-refractivity contribution is 5.64. The number of aromatic nitrogens is 2. The predicted molar refractivity (Wildman–Crippen MR) is 104 cm³/mol. The normalized spacial score (nSPS) is 16.0. The van der Waals surface area contributed by atoms with Crippen LogP contribution in [0.4, 0.5) is 19.0 Å². The molecule has 2 aromatic carbocycles. The Bertz CT molecular complexity index is 1060. The summed E-state index contributed by atoms with van der Waals surface area (Å²) in [6, 6.07) is 13.2. The van der Waals surface area contributed by atoms with E-state index in [1.54, 1.807) is 16.7 Å². The first kappa shape index (κ1) is 20.9. The smallest absolute Gasteiger partial charge is 0.406 e. The zero-order valence-electron chi connectivity index (χ0n) is 16.2. The maximum absolute atomic E-state index is 12.3. The highest BCUT2D eigenvalue weighted by Crippen LogP contribution is 2.27. The van der Waals surface area contributed by atoms with Crippen LogP contribution in [0.5, 0.6) is 5.75 Å². The quantitative estimate of drug-likeness (QED) is 0.409. The molecular weight excluding hydrogens is 415 g/mol. The largest absolute Gasteiger partial charge is 0.573 e. The monoisotopic (exact) mass is 433 g/mol. The third-order valence-electron chi connectivity index (χ3n) is 4.98. The lowest BCUT2D eigenvalue weighted by molar-refractivity contribution is -0.389. The number of hydrogen-bond acceptors (Lipinski definition) is 5. The highest BCUT2D eigenvalue weighted by atomic mass is 19.4. The second-order valence-corrected chi connectivity index (χ2v) is 7.17. The molecule has 1 aliphatic heterocycles. The van der Waals surface area contributed by atoms with E-state index < -0.39 is 11.3 Å². The molecule has 0 aliphatic carbocycles. The van der Waals surface area contributed by atoms with Crippen molar-refractivity contribution >= 4 is 5.82 Å². The van der Waals surface area contributed by atoms with Crippen LogP contribution in [-0.2, 0) is 24.3 Å². The lowest BCUT2D eigenvalue weighted by Crippen LogP contribution is -2.26. The molecule has 1 aliphatic rings. The van der Waals surface area contributed by atoms with Crippen LogP contribution in [0.1, 0.15) is 17.8 Å². The fourth-order valence-electron chi connectivity index (χ4n) is 3.48. The van der Waals surface area contributed by atoms with Gasteiger partial charge in [-0.05, 0) is 45.2 Å². The van der Waals surface area contributed by atoms with Gasteiger partial charge in [-0.2, -0.15) is 0 Å². The summed E-state index contributed by atoms with van der Waals surface area (Å²) in [6.07, 6.45) is -1.99. The average molecular weight is 433 g/mol. The summed E-state index contributed by atoms with van der Waals surface area (Å²) >= 11 is 0. The van der Waals surface area contributed by atoms with E-state index in [2.05, 4.69) is 9.72 Å². The minimum atomic E-state index is -4.71. The molecule has 0 fully saturated rings. The summed E-state index contributed by atoms with van der Waals surface area (Å²) in [5, 5.41) is 10.9. The first-order chi connectivity index (χ1) is 14.8. The van der Waals surface area contributed by atoms with Gasteiger partial charge in [0.1, 0.15) is 11.9 Å². The van der Waals surface area contributed by atoms with Crippen molar-refractivity contribution in [2.45, 2.75) is 38.5 Å². The fourth-order valence-corrected chi connectivity index (χ4v) is 3.48. The first-order valence-electron chi connectivity index (χ1n) is 9.54. The molecule has 1 atom stereocenters. The number of benzene rings is 2. The van der Waals surface area contributed by atoms with Gasteiger partial charge in [0, 0.05) is 6.42 Å². The number of ether oxygens (including phenoxy) is 2. The van der Waals surface area contributed by atoms with Gasteiger partial charge in [-0.15, -0.1) is 13.2 Å². The molecule has 0 radical (unpaired) electrons. The van der Waals surface area contributed by atoms with Crippen molar-refractivity contribution in [3.05, 3.63) is 76.2 Å². The maximum Gasteiger partial charge on any atom is 0.573 e. The van der Waals surface area contributed by atoms with Crippen molar-refractivity contribution in [3.63, 3.8) is 0 Å². The number of nitro groups is 1. The molecule has 0 saturated carbocycles. The SMILES string of the molecule is O=[N+]([O-])c1cn2c(n1)CC[C@@H](OCc1ccc(-c3ccc(OC(F)(F)F)cc3)cc1)C2. The van der Waals surface area contributed by atoms with Crippen molar-refractivity contribution in [2.24, 2.45) is 0 Å². The maximum atomic E-state index is 12.3. The van der Waals surface area contributed by atoms with Crippen LogP contribution in [0.15, 0.2) is 54.7 Å². The van der Waals surface area contributed by atoms with Gasteiger partial charge in [0.25, 0.3) is 0 Å². The van der Waals surface area contributed by atoms with Crippen LogP contribution in [-0.4, -0.2) is 26.9 Å². The number of fused-ring (bicyclic) bond motifs is 1. The number of imidazole rings is 1. The van der Waals surface area contributed by atoms with Crippen LogP contribution in [0.3, 0.4) is 0 Å². The minimum Gasteiger partial charge on any atom is -0.406 e. The fraction of sp³-hybridized carbons (Fsp3) is 0.286. The van der Waals surface area contributed by atoms with Gasteiger partial charge in [0.2, 0.25) is 5.82 Å². The highest BCUT2D eigenvalue weighted by Gasteiger charge is 2.31. The number of alkyl halides is 3. The van der Waals surface area contributed by atoms with Gasteiger partial charge in [0.05, 0.1) is 19.3 Å². The van der Waals surface area contributed by atoms with E-state index in [0.717, 1.165) is 23.1 Å². The van der Waals surface area contributed by atoms with Gasteiger partial charge in [-0.1, -0.05) is 36.4 Å². The molecule has 0 bridgehead atoms. The van der Waals surface area contributed by atoms with Crippen molar-refractivity contribution in [2.75, 3.05) is 0 Å². The van der Waals surface area contributed by atoms with Crippen molar-refractivity contribution in [1.82, 2.24) is 9.55 Å². The Balaban J connectivity index is 1.33. The van der Waals surface area contributed by atoms with Gasteiger partial charge >= 0.3 is 12.2 Å². The van der Waals surface area contributed by atoms with Crippen LogP contribution >= 0.6 is 0 Å². The Labute approximate surface area is 175 Å². The first-order valence-corrected chi connectivity index (χ1v) is 9.54. The Morgan fingerprint density at radius 2 is 1.74 bits per heavy atom. The predicted octanol–water partition coefficient (Wildman–Crippen LogP) is 4.89. The second-order valence-electron chi connectivity index (χ2n) is 7.17. The number of aryl methyl sites for hydroxylation is 1. The number of rotatable bonds is 6. The molecule has 0 N–H and O–H groups in total. The average Bonchev–Trinajstić information content (AvgIpc) is 3.16. The van der Waals surface area contributed by atoms with Crippen molar-refractivity contribution in [1.29, 1.82) is 0 Å². The summed E-state index contributed by atoms with van der Waals surface area (Å²) in [7, 11) is 0. The lowest BCUT2D eigenvalue weighted by Gasteiger charge is -2.22. The Morgan fingerprint density at radius 1 is 1.10 bits per heavy atom. The summed E-state index contributed by atoms with van der Waals surface area (Å²) < 4.78 is 48.4. The molecule has 0 spiro atoms. The molecule has 4 rings (SSSR count). The summed E-state index contributed by atoms with van der Waals surface area (Å²) in [5.41, 5.74) is 2.57. The van der Waals surface area contributed by atoms with Crippen LogP contribution < -0.4 is 4.74 Å².